The van der Waals surface area contributed by atoms with Gasteiger partial charge in [0.05, 0.1) is 24.0 Å². The normalized spacial score (nSPS) is 44.4. The Kier molecular flexibility index (Phi) is 15.4. The van der Waals surface area contributed by atoms with E-state index in [2.05, 4.69) is 13.8 Å². The SMILES string of the molecule is CC[C@H]1C[C@H]1C[C@H]1C[C@H]1C[C@@H](O)[C@@H](CC)C(=O)OCC1OC(OC2OC(COC(=O)[C@H](CC)[C@H](O)C[C@@H]3C[C@@H]3C[C@@H]3C[C@@H]3CC)C(O)C(O)C2O)C(O)C(O)C1O. The summed E-state index contributed by atoms with van der Waals surface area (Å²) in [6.07, 6.45) is -7.98. The molecule has 328 valence electrons. The van der Waals surface area contributed by atoms with Crippen molar-refractivity contribution in [2.75, 3.05) is 13.2 Å². The predicted octanol–water partition coefficient (Wildman–Crippen LogP) is 1.40. The van der Waals surface area contributed by atoms with Gasteiger partial charge in [0.1, 0.15) is 62.0 Å². The molecule has 10 unspecified atom stereocenters. The van der Waals surface area contributed by atoms with E-state index in [9.17, 15) is 50.4 Å². The zero-order valence-corrected chi connectivity index (χ0v) is 34.0. The molecule has 2 saturated heterocycles. The summed E-state index contributed by atoms with van der Waals surface area (Å²) in [6.45, 7) is 6.85. The molecule has 15 nitrogen and oxygen atoms in total. The Morgan fingerprint density at radius 2 is 0.877 bits per heavy atom. The number of aliphatic hydroxyl groups is 8. The summed E-state index contributed by atoms with van der Waals surface area (Å²) in [4.78, 5) is 26.2. The second-order valence-corrected chi connectivity index (χ2v) is 18.4. The predicted molar refractivity (Wildman–Crippen MR) is 201 cm³/mol. The summed E-state index contributed by atoms with van der Waals surface area (Å²) in [7, 11) is 0. The minimum Gasteiger partial charge on any atom is -0.463 e. The standard InChI is InChI=1S/C42H70O15/c1-5-19-9-21(19)11-23-13-25(23)15-29(43)27(7-3)39(51)53-17-31-33(45)35(47)37(49)41(55-31)57-42-38(50)36(48)34(46)32(56-42)18-54-40(52)28(8-4)30(44)16-26-14-24(26)12-22-10-20(22)6-2/h19-38,41-50H,5-18H2,1-4H3/t19-,20-,21-,22-,23-,24-,25-,26-,27+,28+,29+,30+,31?,32?,33?,34?,35?,36?,37?,38?,41?,42?/m0/s1. The van der Waals surface area contributed by atoms with E-state index in [-0.39, 0.29) is 0 Å². The van der Waals surface area contributed by atoms with Crippen LogP contribution in [0.2, 0.25) is 0 Å². The molecular formula is C42H70O15. The highest BCUT2D eigenvalue weighted by molar-refractivity contribution is 5.73. The second kappa shape index (κ2) is 19.5. The number of carbonyl (C=O) groups is 2. The van der Waals surface area contributed by atoms with Gasteiger partial charge in [0.25, 0.3) is 0 Å². The van der Waals surface area contributed by atoms with Crippen molar-refractivity contribution in [1.29, 1.82) is 0 Å². The van der Waals surface area contributed by atoms with Gasteiger partial charge >= 0.3 is 11.9 Å². The molecule has 4 aliphatic carbocycles. The average molecular weight is 815 g/mol. The van der Waals surface area contributed by atoms with Crippen molar-refractivity contribution in [3.8, 4) is 0 Å². The lowest BCUT2D eigenvalue weighted by atomic mass is 9.94. The van der Waals surface area contributed by atoms with Gasteiger partial charge in [-0.3, -0.25) is 9.59 Å². The van der Waals surface area contributed by atoms with Gasteiger partial charge in [-0.2, -0.15) is 0 Å². The lowest BCUT2D eigenvalue weighted by Crippen LogP contribution is -2.64. The zero-order valence-electron chi connectivity index (χ0n) is 34.0. The number of ether oxygens (including phenoxy) is 5. The number of hydrogen-bond acceptors (Lipinski definition) is 15. The van der Waals surface area contributed by atoms with E-state index in [1.54, 1.807) is 13.8 Å². The van der Waals surface area contributed by atoms with Crippen LogP contribution in [0.25, 0.3) is 0 Å². The van der Waals surface area contributed by atoms with Gasteiger partial charge in [0.15, 0.2) is 12.6 Å². The van der Waals surface area contributed by atoms with Gasteiger partial charge in [-0.05, 0) is 112 Å². The van der Waals surface area contributed by atoms with Crippen molar-refractivity contribution in [2.24, 2.45) is 59.2 Å². The van der Waals surface area contributed by atoms with Crippen LogP contribution in [0.5, 0.6) is 0 Å². The molecule has 57 heavy (non-hydrogen) atoms. The van der Waals surface area contributed by atoms with E-state index < -0.39 is 111 Å². The molecule has 0 bridgehead atoms. The summed E-state index contributed by atoms with van der Waals surface area (Å²) in [5, 5.41) is 86.0. The molecule has 6 fully saturated rings. The third-order valence-electron chi connectivity index (χ3n) is 14.4. The molecule has 6 rings (SSSR count). The van der Waals surface area contributed by atoms with Crippen molar-refractivity contribution >= 4 is 11.9 Å². The Morgan fingerprint density at radius 1 is 0.526 bits per heavy atom. The van der Waals surface area contributed by atoms with E-state index in [1.165, 1.54) is 38.5 Å². The Balaban J connectivity index is 0.965. The monoisotopic (exact) mass is 814 g/mol. The van der Waals surface area contributed by atoms with Gasteiger partial charge in [0, 0.05) is 0 Å². The van der Waals surface area contributed by atoms with E-state index in [0.29, 0.717) is 49.4 Å². The minimum atomic E-state index is -1.88. The van der Waals surface area contributed by atoms with Crippen LogP contribution in [0, 0.1) is 59.2 Å². The molecule has 0 aromatic heterocycles. The van der Waals surface area contributed by atoms with Crippen LogP contribution >= 0.6 is 0 Å². The summed E-state index contributed by atoms with van der Waals surface area (Å²) < 4.78 is 27.9. The molecule has 0 amide bonds. The first kappa shape index (κ1) is 45.0. The Morgan fingerprint density at radius 3 is 1.21 bits per heavy atom. The number of esters is 2. The average Bonchev–Trinajstić information content (AvgIpc) is 4.01. The first-order valence-electron chi connectivity index (χ1n) is 21.9. The Labute approximate surface area is 336 Å². The molecule has 8 N–H and O–H groups in total. The molecule has 15 heteroatoms. The van der Waals surface area contributed by atoms with Crippen LogP contribution in [0.4, 0.5) is 0 Å². The highest BCUT2D eigenvalue weighted by Crippen LogP contribution is 2.55. The zero-order chi connectivity index (χ0) is 41.3. The molecule has 0 spiro atoms. The van der Waals surface area contributed by atoms with Crippen molar-refractivity contribution in [2.45, 2.75) is 178 Å². The molecular weight excluding hydrogens is 744 g/mol. The van der Waals surface area contributed by atoms with E-state index in [0.717, 1.165) is 36.5 Å². The maximum Gasteiger partial charge on any atom is 0.311 e. The van der Waals surface area contributed by atoms with Gasteiger partial charge in [-0.15, -0.1) is 0 Å². The fourth-order valence-electron chi connectivity index (χ4n) is 9.90. The lowest BCUT2D eigenvalue weighted by Gasteiger charge is -2.44. The highest BCUT2D eigenvalue weighted by atomic mass is 16.8. The molecule has 4 saturated carbocycles. The molecule has 0 aromatic carbocycles. The van der Waals surface area contributed by atoms with E-state index in [4.69, 9.17) is 23.7 Å². The maximum atomic E-state index is 13.1. The van der Waals surface area contributed by atoms with Gasteiger partial charge in [-0.25, -0.2) is 0 Å². The van der Waals surface area contributed by atoms with Crippen LogP contribution in [0.3, 0.4) is 0 Å². The van der Waals surface area contributed by atoms with Crippen molar-refractivity contribution < 1.29 is 74.1 Å². The first-order chi connectivity index (χ1) is 27.2. The molecule has 22 atom stereocenters. The maximum absolute atomic E-state index is 13.1. The number of hydrogen-bond donors (Lipinski definition) is 8. The Hall–Kier alpha value is -1.50. The third kappa shape index (κ3) is 11.1. The van der Waals surface area contributed by atoms with Crippen molar-refractivity contribution in [1.82, 2.24) is 0 Å². The van der Waals surface area contributed by atoms with Crippen LogP contribution in [-0.2, 0) is 33.3 Å². The van der Waals surface area contributed by atoms with Gasteiger partial charge in [-0.1, -0.05) is 40.5 Å². The smallest absolute Gasteiger partial charge is 0.311 e. The van der Waals surface area contributed by atoms with Crippen LogP contribution in [-0.4, -0.2) is 140 Å². The summed E-state index contributed by atoms with van der Waals surface area (Å²) in [5.41, 5.74) is 0. The molecule has 2 heterocycles. The Bertz CT molecular complexity index is 1220. The van der Waals surface area contributed by atoms with Crippen LogP contribution in [0.1, 0.15) is 105 Å². The molecule has 0 aromatic rings. The number of rotatable bonds is 22. The van der Waals surface area contributed by atoms with Crippen LogP contribution in [0.15, 0.2) is 0 Å². The minimum absolute atomic E-state index is 0.320. The first-order valence-corrected chi connectivity index (χ1v) is 21.9. The largest absolute Gasteiger partial charge is 0.463 e. The highest BCUT2D eigenvalue weighted by Gasteiger charge is 2.52. The quantitative estimate of drug-likeness (QED) is 0.0721. The topological polar surface area (TPSA) is 242 Å². The van der Waals surface area contributed by atoms with Crippen LogP contribution < -0.4 is 0 Å². The summed E-state index contributed by atoms with van der Waals surface area (Å²) >= 11 is 0. The summed E-state index contributed by atoms with van der Waals surface area (Å²) in [6, 6.07) is 0. The third-order valence-corrected chi connectivity index (χ3v) is 14.4. The number of carbonyl (C=O) groups excluding carboxylic acids is 2. The number of aliphatic hydroxyl groups excluding tert-OH is 8. The molecule has 2 aliphatic heterocycles. The second-order valence-electron chi connectivity index (χ2n) is 18.4. The summed E-state index contributed by atoms with van der Waals surface area (Å²) in [5.74, 6) is 2.09. The molecule has 0 radical (unpaired) electrons. The fourth-order valence-corrected chi connectivity index (χ4v) is 9.90. The fraction of sp³-hybridized carbons (Fsp3) is 0.952. The van der Waals surface area contributed by atoms with Crippen molar-refractivity contribution in [3.63, 3.8) is 0 Å². The van der Waals surface area contributed by atoms with Gasteiger partial charge in [0.2, 0.25) is 0 Å². The molecule has 6 aliphatic rings. The van der Waals surface area contributed by atoms with Gasteiger partial charge < -0.3 is 64.5 Å². The van der Waals surface area contributed by atoms with Crippen molar-refractivity contribution in [3.05, 3.63) is 0 Å². The lowest BCUT2D eigenvalue weighted by molar-refractivity contribution is -0.376. The van der Waals surface area contributed by atoms with E-state index in [1.807, 2.05) is 0 Å². The van der Waals surface area contributed by atoms with E-state index >= 15 is 0 Å².